The summed E-state index contributed by atoms with van der Waals surface area (Å²) in [5, 5.41) is 1.40. The van der Waals surface area contributed by atoms with Crippen LogP contribution in [0, 0.1) is 0 Å². The molecule has 0 aromatic carbocycles. The van der Waals surface area contributed by atoms with Gasteiger partial charge in [0, 0.05) is 0 Å². The van der Waals surface area contributed by atoms with Crippen LogP contribution in [0.1, 0.15) is 0 Å². The predicted molar refractivity (Wildman–Crippen MR) is 60.6 cm³/mol. The Morgan fingerprint density at radius 2 is 1.55 bits per heavy atom. The normalized spacial score (nSPS) is 13.3. The summed E-state index contributed by atoms with van der Waals surface area (Å²) >= 11 is -3.04. The summed E-state index contributed by atoms with van der Waals surface area (Å²) in [6.07, 6.45) is 0. The van der Waals surface area contributed by atoms with Gasteiger partial charge in [0.15, 0.2) is 0 Å². The second-order valence-corrected chi connectivity index (χ2v) is 31.9. The van der Waals surface area contributed by atoms with Crippen LogP contribution in [0.3, 0.4) is 0 Å². The molecule has 66 valence electrons. The topological polar surface area (TPSA) is 0 Å². The van der Waals surface area contributed by atoms with Gasteiger partial charge in [0.05, 0.1) is 0 Å². The first-order valence-electron chi connectivity index (χ1n) is 4.31. The molecule has 0 N–H and O–H groups in total. The molecule has 0 atom stereocenters. The maximum absolute atomic E-state index is 4.25. The summed E-state index contributed by atoms with van der Waals surface area (Å²) in [6, 6.07) is 0. The molecule has 0 rings (SSSR count). The Balaban J connectivity index is 4.11. The van der Waals surface area contributed by atoms with Crippen molar-refractivity contribution in [3.63, 3.8) is 0 Å². The van der Waals surface area contributed by atoms with Crippen LogP contribution in [-0.4, -0.2) is 31.6 Å². The van der Waals surface area contributed by atoms with Crippen LogP contribution in [-0.2, 0) is 0 Å². The van der Waals surface area contributed by atoms with E-state index >= 15 is 0 Å². The van der Waals surface area contributed by atoms with E-state index in [-0.39, 0.29) is 0 Å². The molecule has 0 saturated carbocycles. The van der Waals surface area contributed by atoms with Gasteiger partial charge < -0.3 is 0 Å². The van der Waals surface area contributed by atoms with Gasteiger partial charge in [-0.2, -0.15) is 0 Å². The molecule has 0 radical (unpaired) electrons. The molecule has 0 saturated heterocycles. The molecule has 0 nitrogen and oxygen atoms in total. The minimum atomic E-state index is -1.70. The SMILES string of the molecule is C=[C]([CH2][Ge]([CH3])([CH3])[CH3])[Sn]([CH3])([CH3])[CH3]. The van der Waals surface area contributed by atoms with E-state index in [1.807, 2.05) is 0 Å². The maximum atomic E-state index is 4.25. The monoisotopic (exact) mass is 324 g/mol. The van der Waals surface area contributed by atoms with E-state index in [1.54, 1.807) is 3.59 Å². The van der Waals surface area contributed by atoms with Gasteiger partial charge in [-0.3, -0.25) is 0 Å². The molecule has 0 aromatic rings. The van der Waals surface area contributed by atoms with E-state index in [0.29, 0.717) is 0 Å². The number of rotatable bonds is 3. The van der Waals surface area contributed by atoms with Crippen molar-refractivity contribution in [2.75, 3.05) is 0 Å². The van der Waals surface area contributed by atoms with Crippen LogP contribution in [0.2, 0.25) is 37.3 Å². The van der Waals surface area contributed by atoms with Gasteiger partial charge in [-0.05, 0) is 0 Å². The van der Waals surface area contributed by atoms with Crippen LogP contribution < -0.4 is 0 Å². The number of allylic oxidation sites excluding steroid dienone is 1. The Hall–Kier alpha value is 1.08. The van der Waals surface area contributed by atoms with Crippen molar-refractivity contribution in [3.05, 3.63) is 10.2 Å². The van der Waals surface area contributed by atoms with Crippen molar-refractivity contribution < 1.29 is 0 Å². The van der Waals surface area contributed by atoms with Gasteiger partial charge in [0.25, 0.3) is 0 Å². The number of hydrogen-bond acceptors (Lipinski definition) is 0. The Morgan fingerprint density at radius 3 is 1.64 bits per heavy atom. The van der Waals surface area contributed by atoms with Crippen molar-refractivity contribution in [3.8, 4) is 0 Å². The minimum absolute atomic E-state index is 1.34. The Bertz CT molecular complexity index is 148. The molecule has 11 heavy (non-hydrogen) atoms. The third kappa shape index (κ3) is 6.26. The molecule has 0 aliphatic carbocycles. The summed E-state index contributed by atoms with van der Waals surface area (Å²) in [6.45, 7) is 4.25. The summed E-state index contributed by atoms with van der Waals surface area (Å²) in [5.41, 5.74) is 0. The summed E-state index contributed by atoms with van der Waals surface area (Å²) in [5.74, 6) is 7.42. The molecule has 0 amide bonds. The molecular formula is C9H22GeSn. The molecular weight excluding hydrogens is 299 g/mol. The third-order valence-corrected chi connectivity index (χ3v) is 13.6. The van der Waals surface area contributed by atoms with Gasteiger partial charge in [-0.1, -0.05) is 0 Å². The fourth-order valence-electron chi connectivity index (χ4n) is 0.905. The van der Waals surface area contributed by atoms with E-state index in [9.17, 15) is 0 Å². The zero-order chi connectivity index (χ0) is 9.28. The second kappa shape index (κ2) is 3.86. The Morgan fingerprint density at radius 1 is 1.18 bits per heavy atom. The Labute approximate surface area is 78.7 Å². The van der Waals surface area contributed by atoms with Gasteiger partial charge in [-0.25, -0.2) is 0 Å². The van der Waals surface area contributed by atoms with Gasteiger partial charge in [0.2, 0.25) is 0 Å². The van der Waals surface area contributed by atoms with E-state index in [2.05, 4.69) is 38.7 Å². The first kappa shape index (κ1) is 12.1. The molecule has 0 spiro atoms. The first-order chi connectivity index (χ1) is 4.63. The van der Waals surface area contributed by atoms with Crippen LogP contribution in [0.25, 0.3) is 0 Å². The molecule has 0 aromatic heterocycles. The van der Waals surface area contributed by atoms with Gasteiger partial charge in [-0.15, -0.1) is 0 Å². The van der Waals surface area contributed by atoms with Gasteiger partial charge in [0.1, 0.15) is 0 Å². The van der Waals surface area contributed by atoms with Crippen LogP contribution in [0.4, 0.5) is 0 Å². The van der Waals surface area contributed by atoms with Crippen molar-refractivity contribution in [1.82, 2.24) is 0 Å². The fraction of sp³-hybridized carbons (Fsp3) is 0.778. The summed E-state index contributed by atoms with van der Waals surface area (Å²) in [7, 11) is 0. The second-order valence-electron chi connectivity index (χ2n) is 5.59. The van der Waals surface area contributed by atoms with E-state index in [4.69, 9.17) is 0 Å². The summed E-state index contributed by atoms with van der Waals surface area (Å²) < 4.78 is 1.65. The molecule has 0 unspecified atom stereocenters. The van der Waals surface area contributed by atoms with Crippen molar-refractivity contribution >= 4 is 31.6 Å². The van der Waals surface area contributed by atoms with E-state index in [0.717, 1.165) is 0 Å². The zero-order valence-electron chi connectivity index (χ0n) is 8.91. The summed E-state index contributed by atoms with van der Waals surface area (Å²) in [4.78, 5) is 7.39. The van der Waals surface area contributed by atoms with Crippen molar-refractivity contribution in [1.29, 1.82) is 0 Å². The molecule has 0 bridgehead atoms. The standard InChI is InChI=1S/C6H13Ge.3CH3.Sn/c1-5-6-7(2,3)4;;;;/h1,6H2,2-4H3;3*1H3;. The quantitative estimate of drug-likeness (QED) is 0.694. The van der Waals surface area contributed by atoms with E-state index in [1.165, 1.54) is 5.25 Å². The molecule has 0 fully saturated rings. The van der Waals surface area contributed by atoms with Crippen LogP contribution >= 0.6 is 0 Å². The molecule has 2 heteroatoms. The van der Waals surface area contributed by atoms with Crippen molar-refractivity contribution in [2.24, 2.45) is 0 Å². The third-order valence-electron chi connectivity index (χ3n) is 1.80. The number of hydrogen-bond donors (Lipinski definition) is 0. The predicted octanol–water partition coefficient (Wildman–Crippen LogP) is 3.76. The zero-order valence-corrected chi connectivity index (χ0v) is 13.9. The first-order valence-corrected chi connectivity index (χ1v) is 22.1. The van der Waals surface area contributed by atoms with Crippen LogP contribution in [0.15, 0.2) is 10.2 Å². The van der Waals surface area contributed by atoms with E-state index < -0.39 is 31.6 Å². The average molecular weight is 322 g/mol. The molecule has 0 heterocycles. The average Bonchev–Trinajstić information content (AvgIpc) is 1.56. The van der Waals surface area contributed by atoms with Gasteiger partial charge >= 0.3 is 79.2 Å². The molecule has 0 aliphatic heterocycles. The fourth-order valence-corrected chi connectivity index (χ4v) is 20.4. The van der Waals surface area contributed by atoms with Crippen molar-refractivity contribution in [2.45, 2.75) is 37.3 Å². The Kier molecular flexibility index (Phi) is 4.24. The molecule has 0 aliphatic rings. The van der Waals surface area contributed by atoms with Crippen LogP contribution in [0.5, 0.6) is 0 Å².